The highest BCUT2D eigenvalue weighted by atomic mass is 16.5. The zero-order chi connectivity index (χ0) is 11.7. The summed E-state index contributed by atoms with van der Waals surface area (Å²) in [7, 11) is 0. The van der Waals surface area contributed by atoms with Crippen molar-refractivity contribution < 1.29 is 4.74 Å². The molecule has 17 heavy (non-hydrogen) atoms. The van der Waals surface area contributed by atoms with Crippen molar-refractivity contribution in [3.8, 4) is 5.75 Å². The highest BCUT2D eigenvalue weighted by Gasteiger charge is 2.05. The van der Waals surface area contributed by atoms with E-state index in [0.29, 0.717) is 5.75 Å². The third-order valence-electron chi connectivity index (χ3n) is 2.57. The van der Waals surface area contributed by atoms with Crippen molar-refractivity contribution in [2.45, 2.75) is 0 Å². The van der Waals surface area contributed by atoms with Crippen LogP contribution in [0.5, 0.6) is 5.75 Å². The van der Waals surface area contributed by atoms with Gasteiger partial charge in [0.05, 0.1) is 16.6 Å². The number of hydrogen-bond donors (Lipinski definition) is 1. The molecule has 0 spiro atoms. The van der Waals surface area contributed by atoms with Crippen molar-refractivity contribution in [2.75, 3.05) is 6.73 Å². The fraction of sp³-hybridized carbons (Fsp3) is 0.0769. The van der Waals surface area contributed by atoms with Crippen LogP contribution in [0.2, 0.25) is 0 Å². The Morgan fingerprint density at radius 2 is 1.59 bits per heavy atom. The highest BCUT2D eigenvalue weighted by Crippen LogP contribution is 2.24. The number of para-hydroxylation sites is 3. The van der Waals surface area contributed by atoms with Crippen LogP contribution in [0.1, 0.15) is 0 Å². The Morgan fingerprint density at radius 3 is 2.35 bits per heavy atom. The van der Waals surface area contributed by atoms with E-state index in [1.807, 2.05) is 42.5 Å². The number of benzene rings is 2. The topological polar surface area (TPSA) is 61.0 Å². The van der Waals surface area contributed by atoms with Crippen molar-refractivity contribution in [1.82, 2.24) is 9.97 Å². The van der Waals surface area contributed by atoms with Gasteiger partial charge in [-0.05, 0) is 24.3 Å². The monoisotopic (exact) mass is 225 g/mol. The van der Waals surface area contributed by atoms with Gasteiger partial charge >= 0.3 is 0 Å². The highest BCUT2D eigenvalue weighted by molar-refractivity contribution is 5.89. The van der Waals surface area contributed by atoms with Crippen LogP contribution < -0.4 is 10.5 Å². The average Bonchev–Trinajstić information content (AvgIpc) is 2.37. The number of nitrogens with zero attached hydrogens (tertiary/aromatic N) is 2. The maximum atomic E-state index is 5.39. The molecule has 0 aliphatic heterocycles. The normalized spacial score (nSPS) is 10.9. The van der Waals surface area contributed by atoms with Gasteiger partial charge in [0.2, 0.25) is 0 Å². The van der Waals surface area contributed by atoms with Crippen LogP contribution in [-0.4, -0.2) is 16.7 Å². The minimum absolute atomic E-state index is 0.133. The Bertz CT molecular complexity index is 682. The van der Waals surface area contributed by atoms with E-state index in [4.69, 9.17) is 10.5 Å². The molecule has 4 nitrogen and oxygen atoms in total. The molecule has 1 aromatic heterocycles. The van der Waals surface area contributed by atoms with Crippen LogP contribution in [-0.2, 0) is 0 Å². The molecule has 0 amide bonds. The van der Waals surface area contributed by atoms with Gasteiger partial charge in [-0.25, -0.2) is 9.97 Å². The van der Waals surface area contributed by atoms with Crippen LogP contribution in [0.4, 0.5) is 0 Å². The third kappa shape index (κ3) is 1.68. The molecule has 0 fully saturated rings. The Kier molecular flexibility index (Phi) is 2.34. The van der Waals surface area contributed by atoms with Gasteiger partial charge < -0.3 is 4.74 Å². The van der Waals surface area contributed by atoms with Crippen LogP contribution in [0, 0.1) is 0 Å². The van der Waals surface area contributed by atoms with E-state index in [1.54, 1.807) is 0 Å². The van der Waals surface area contributed by atoms with Gasteiger partial charge in [0, 0.05) is 0 Å². The molecule has 0 saturated heterocycles. The van der Waals surface area contributed by atoms with E-state index in [2.05, 4.69) is 9.97 Å². The summed E-state index contributed by atoms with van der Waals surface area (Å²) in [4.78, 5) is 9.09. The number of aromatic nitrogens is 2. The lowest BCUT2D eigenvalue weighted by Crippen LogP contribution is -2.07. The predicted octanol–water partition coefficient (Wildman–Crippen LogP) is 2.08. The fourth-order valence-electron chi connectivity index (χ4n) is 1.82. The number of nitrogens with two attached hydrogens (primary N) is 1. The second-order valence-electron chi connectivity index (χ2n) is 3.65. The van der Waals surface area contributed by atoms with Gasteiger partial charge in [0.1, 0.15) is 18.0 Å². The summed E-state index contributed by atoms with van der Waals surface area (Å²) in [6.07, 6.45) is 0. The smallest absolute Gasteiger partial charge is 0.149 e. The molecule has 0 atom stereocenters. The van der Waals surface area contributed by atoms with Gasteiger partial charge in [0.25, 0.3) is 0 Å². The molecule has 2 aromatic carbocycles. The standard InChI is InChI=1S/C13H11N3O/c14-8-17-12-7-3-6-11-13(12)16-10-5-2-1-4-9(10)15-11/h1-7H,8,14H2. The lowest BCUT2D eigenvalue weighted by atomic mass is 10.2. The molecule has 0 aliphatic rings. The number of fused-ring (bicyclic) bond motifs is 2. The quantitative estimate of drug-likeness (QED) is 0.535. The first-order chi connectivity index (χ1) is 8.38. The molecule has 2 N–H and O–H groups in total. The number of ether oxygens (including phenoxy) is 1. The van der Waals surface area contributed by atoms with Gasteiger partial charge in [-0.15, -0.1) is 0 Å². The summed E-state index contributed by atoms with van der Waals surface area (Å²) in [5.74, 6) is 0.670. The Hall–Kier alpha value is -2.20. The van der Waals surface area contributed by atoms with Crippen LogP contribution in [0.25, 0.3) is 22.1 Å². The van der Waals surface area contributed by atoms with Crippen LogP contribution in [0.3, 0.4) is 0 Å². The first kappa shape index (κ1) is 9.99. The molecule has 1 heterocycles. The minimum atomic E-state index is 0.133. The predicted molar refractivity (Wildman–Crippen MR) is 66.7 cm³/mol. The van der Waals surface area contributed by atoms with E-state index in [-0.39, 0.29) is 6.73 Å². The average molecular weight is 225 g/mol. The van der Waals surface area contributed by atoms with E-state index in [0.717, 1.165) is 22.1 Å². The van der Waals surface area contributed by atoms with Gasteiger partial charge in [0.15, 0.2) is 0 Å². The Balaban J connectivity index is 2.35. The Labute approximate surface area is 98.1 Å². The lowest BCUT2D eigenvalue weighted by molar-refractivity contribution is 0.333. The van der Waals surface area contributed by atoms with Gasteiger partial charge in [-0.3, -0.25) is 5.73 Å². The van der Waals surface area contributed by atoms with E-state index in [9.17, 15) is 0 Å². The van der Waals surface area contributed by atoms with E-state index in [1.165, 1.54) is 0 Å². The summed E-state index contributed by atoms with van der Waals surface area (Å²) >= 11 is 0. The number of hydrogen-bond acceptors (Lipinski definition) is 4. The molecule has 0 radical (unpaired) electrons. The zero-order valence-corrected chi connectivity index (χ0v) is 9.13. The molecule has 3 rings (SSSR count). The summed E-state index contributed by atoms with van der Waals surface area (Å²) in [5, 5.41) is 0. The van der Waals surface area contributed by atoms with Gasteiger partial charge in [-0.2, -0.15) is 0 Å². The van der Waals surface area contributed by atoms with Crippen molar-refractivity contribution >= 4 is 22.1 Å². The van der Waals surface area contributed by atoms with E-state index >= 15 is 0 Å². The second kappa shape index (κ2) is 3.99. The molecule has 0 aliphatic carbocycles. The molecular weight excluding hydrogens is 214 g/mol. The molecule has 3 aromatic rings. The summed E-state index contributed by atoms with van der Waals surface area (Å²) in [6, 6.07) is 13.4. The molecular formula is C13H11N3O. The van der Waals surface area contributed by atoms with Crippen molar-refractivity contribution in [3.63, 3.8) is 0 Å². The minimum Gasteiger partial charge on any atom is -0.476 e. The first-order valence-corrected chi connectivity index (χ1v) is 5.37. The molecule has 0 unspecified atom stereocenters. The van der Waals surface area contributed by atoms with Gasteiger partial charge in [-0.1, -0.05) is 18.2 Å². The van der Waals surface area contributed by atoms with Crippen LogP contribution in [0.15, 0.2) is 42.5 Å². The van der Waals surface area contributed by atoms with Crippen molar-refractivity contribution in [3.05, 3.63) is 42.5 Å². The second-order valence-corrected chi connectivity index (χ2v) is 3.65. The summed E-state index contributed by atoms with van der Waals surface area (Å²) < 4.78 is 5.34. The lowest BCUT2D eigenvalue weighted by Gasteiger charge is -2.06. The fourth-order valence-corrected chi connectivity index (χ4v) is 1.82. The molecule has 0 saturated carbocycles. The summed E-state index contributed by atoms with van der Waals surface area (Å²) in [5.41, 5.74) is 8.69. The molecule has 4 heteroatoms. The maximum Gasteiger partial charge on any atom is 0.149 e. The maximum absolute atomic E-state index is 5.39. The van der Waals surface area contributed by atoms with Crippen molar-refractivity contribution in [2.24, 2.45) is 5.73 Å². The molecule has 0 bridgehead atoms. The molecule has 84 valence electrons. The van der Waals surface area contributed by atoms with Crippen molar-refractivity contribution in [1.29, 1.82) is 0 Å². The third-order valence-corrected chi connectivity index (χ3v) is 2.57. The first-order valence-electron chi connectivity index (χ1n) is 5.37. The zero-order valence-electron chi connectivity index (χ0n) is 9.13. The number of rotatable bonds is 2. The SMILES string of the molecule is NCOc1cccc2nc3ccccc3nc12. The van der Waals surface area contributed by atoms with E-state index < -0.39 is 0 Å². The van der Waals surface area contributed by atoms with Crippen LogP contribution >= 0.6 is 0 Å². The largest absolute Gasteiger partial charge is 0.476 e. The summed E-state index contributed by atoms with van der Waals surface area (Å²) in [6.45, 7) is 0.133. The Morgan fingerprint density at radius 1 is 0.882 bits per heavy atom.